The number of nitrogens with zero attached hydrogens (tertiary/aromatic N) is 1. The fraction of sp³-hybridized carbons (Fsp3) is 0.625. The molecule has 1 saturated heterocycles. The Labute approximate surface area is 89.5 Å². The molecule has 13 heavy (non-hydrogen) atoms. The number of hydrogen-bond donors (Lipinski definition) is 1. The summed E-state index contributed by atoms with van der Waals surface area (Å²) in [5.74, 6) is 3.38. The first-order valence-corrected chi connectivity index (χ1v) is 6.22. The summed E-state index contributed by atoms with van der Waals surface area (Å²) in [7, 11) is 0. The van der Waals surface area contributed by atoms with E-state index < -0.39 is 0 Å². The highest BCUT2D eigenvalue weighted by molar-refractivity contribution is 9.10. The topological polar surface area (TPSA) is 52.0 Å². The standard InChI is InChI=1S/C8H11BrN2OS/c9-7-6(8(10)12-11-7)5-2-1-3-13-4-5/h5H,1-4,10H2. The molecule has 0 amide bonds. The van der Waals surface area contributed by atoms with Crippen LogP contribution in [0.5, 0.6) is 0 Å². The molecule has 2 heterocycles. The van der Waals surface area contributed by atoms with Crippen LogP contribution in [0.3, 0.4) is 0 Å². The summed E-state index contributed by atoms with van der Waals surface area (Å²) in [5.41, 5.74) is 6.77. The van der Waals surface area contributed by atoms with Crippen molar-refractivity contribution in [3.8, 4) is 0 Å². The van der Waals surface area contributed by atoms with Crippen molar-refractivity contribution < 1.29 is 4.52 Å². The maximum absolute atomic E-state index is 5.70. The van der Waals surface area contributed by atoms with E-state index in [2.05, 4.69) is 21.1 Å². The van der Waals surface area contributed by atoms with Gasteiger partial charge in [-0.25, -0.2) is 0 Å². The predicted octanol–water partition coefficient (Wildman–Crippen LogP) is 2.63. The minimum absolute atomic E-state index is 0.472. The number of rotatable bonds is 1. The van der Waals surface area contributed by atoms with Crippen molar-refractivity contribution in [2.75, 3.05) is 17.2 Å². The van der Waals surface area contributed by atoms with Gasteiger partial charge in [0.25, 0.3) is 0 Å². The lowest BCUT2D eigenvalue weighted by Crippen LogP contribution is -2.09. The van der Waals surface area contributed by atoms with Gasteiger partial charge in [0.2, 0.25) is 5.88 Å². The molecule has 1 fully saturated rings. The highest BCUT2D eigenvalue weighted by Gasteiger charge is 2.23. The molecule has 1 aliphatic rings. The average molecular weight is 263 g/mol. The molecule has 0 aliphatic carbocycles. The predicted molar refractivity (Wildman–Crippen MR) is 57.9 cm³/mol. The fourth-order valence-corrected chi connectivity index (χ4v) is 3.37. The molecule has 5 heteroatoms. The Morgan fingerprint density at radius 3 is 3.00 bits per heavy atom. The molecule has 1 atom stereocenters. The van der Waals surface area contributed by atoms with E-state index in [0.29, 0.717) is 11.8 Å². The van der Waals surface area contributed by atoms with Gasteiger partial charge >= 0.3 is 0 Å². The number of aromatic nitrogens is 1. The smallest absolute Gasteiger partial charge is 0.226 e. The summed E-state index contributed by atoms with van der Waals surface area (Å²) in [5, 5.41) is 3.80. The van der Waals surface area contributed by atoms with E-state index in [1.165, 1.54) is 18.6 Å². The van der Waals surface area contributed by atoms with E-state index in [9.17, 15) is 0 Å². The quantitative estimate of drug-likeness (QED) is 0.846. The largest absolute Gasteiger partial charge is 0.367 e. The molecule has 72 valence electrons. The van der Waals surface area contributed by atoms with Gasteiger partial charge in [-0.1, -0.05) is 5.16 Å². The van der Waals surface area contributed by atoms with Gasteiger partial charge in [0.15, 0.2) is 4.60 Å². The van der Waals surface area contributed by atoms with Gasteiger partial charge in [0.05, 0.1) is 5.56 Å². The minimum atomic E-state index is 0.472. The Balaban J connectivity index is 2.22. The van der Waals surface area contributed by atoms with Crippen molar-refractivity contribution in [2.24, 2.45) is 0 Å². The number of anilines is 1. The van der Waals surface area contributed by atoms with E-state index in [-0.39, 0.29) is 0 Å². The van der Waals surface area contributed by atoms with E-state index >= 15 is 0 Å². The fourth-order valence-electron chi connectivity index (χ4n) is 1.63. The Kier molecular flexibility index (Phi) is 2.83. The van der Waals surface area contributed by atoms with Crippen LogP contribution in [0, 0.1) is 0 Å². The first-order chi connectivity index (χ1) is 6.29. The Morgan fingerprint density at radius 2 is 2.46 bits per heavy atom. The molecule has 2 rings (SSSR count). The average Bonchev–Trinajstić information content (AvgIpc) is 2.48. The molecule has 0 spiro atoms. The lowest BCUT2D eigenvalue weighted by molar-refractivity contribution is 0.431. The normalized spacial score (nSPS) is 23.3. The van der Waals surface area contributed by atoms with Crippen LogP contribution in [0.15, 0.2) is 9.13 Å². The Bertz CT molecular complexity index is 277. The zero-order valence-electron chi connectivity index (χ0n) is 7.12. The summed E-state index contributed by atoms with van der Waals surface area (Å²) >= 11 is 5.33. The van der Waals surface area contributed by atoms with Gasteiger partial charge < -0.3 is 10.3 Å². The molecular formula is C8H11BrN2OS. The lowest BCUT2D eigenvalue weighted by atomic mass is 9.98. The third-order valence-electron chi connectivity index (χ3n) is 2.28. The second-order valence-electron chi connectivity index (χ2n) is 3.17. The van der Waals surface area contributed by atoms with E-state index in [1.807, 2.05) is 11.8 Å². The molecule has 0 aromatic carbocycles. The zero-order chi connectivity index (χ0) is 9.26. The Morgan fingerprint density at radius 1 is 1.62 bits per heavy atom. The molecule has 1 aromatic rings. The third kappa shape index (κ3) is 1.86. The number of hydrogen-bond acceptors (Lipinski definition) is 4. The second kappa shape index (κ2) is 3.92. The first kappa shape index (κ1) is 9.40. The van der Waals surface area contributed by atoms with Crippen LogP contribution in [0.2, 0.25) is 0 Å². The van der Waals surface area contributed by atoms with Gasteiger partial charge in [-0.2, -0.15) is 11.8 Å². The van der Waals surface area contributed by atoms with Crippen molar-refractivity contribution in [3.63, 3.8) is 0 Å². The molecule has 1 unspecified atom stereocenters. The number of nitrogen functional groups attached to an aromatic ring is 1. The van der Waals surface area contributed by atoms with Crippen LogP contribution in [0.1, 0.15) is 24.3 Å². The maximum Gasteiger partial charge on any atom is 0.226 e. The number of nitrogens with two attached hydrogens (primary N) is 1. The van der Waals surface area contributed by atoms with Gasteiger partial charge in [-0.3, -0.25) is 0 Å². The molecular weight excluding hydrogens is 252 g/mol. The maximum atomic E-state index is 5.70. The van der Waals surface area contributed by atoms with Crippen molar-refractivity contribution in [1.29, 1.82) is 0 Å². The summed E-state index contributed by atoms with van der Waals surface area (Å²) in [6.45, 7) is 0. The van der Waals surface area contributed by atoms with Gasteiger partial charge in [0, 0.05) is 11.7 Å². The number of thioether (sulfide) groups is 1. The van der Waals surface area contributed by atoms with Crippen LogP contribution in [-0.2, 0) is 0 Å². The molecule has 0 bridgehead atoms. The van der Waals surface area contributed by atoms with Gasteiger partial charge in [0.1, 0.15) is 0 Å². The van der Waals surface area contributed by atoms with Crippen LogP contribution >= 0.6 is 27.7 Å². The van der Waals surface area contributed by atoms with Crippen molar-refractivity contribution in [3.05, 3.63) is 10.2 Å². The van der Waals surface area contributed by atoms with E-state index in [1.54, 1.807) is 0 Å². The van der Waals surface area contributed by atoms with Gasteiger partial charge in [-0.15, -0.1) is 0 Å². The highest BCUT2D eigenvalue weighted by Crippen LogP contribution is 2.37. The summed E-state index contributed by atoms with van der Waals surface area (Å²) in [6, 6.07) is 0. The molecule has 1 aromatic heterocycles. The van der Waals surface area contributed by atoms with Gasteiger partial charge in [-0.05, 0) is 34.5 Å². The molecule has 1 aliphatic heterocycles. The van der Waals surface area contributed by atoms with Crippen LogP contribution in [0.4, 0.5) is 5.88 Å². The zero-order valence-corrected chi connectivity index (χ0v) is 9.53. The molecule has 2 N–H and O–H groups in total. The van der Waals surface area contributed by atoms with Crippen LogP contribution < -0.4 is 5.73 Å². The van der Waals surface area contributed by atoms with Crippen molar-refractivity contribution >= 4 is 33.6 Å². The first-order valence-electron chi connectivity index (χ1n) is 4.27. The minimum Gasteiger partial charge on any atom is -0.367 e. The van der Waals surface area contributed by atoms with Crippen LogP contribution in [0.25, 0.3) is 0 Å². The summed E-state index contributed by atoms with van der Waals surface area (Å²) in [4.78, 5) is 0. The molecule has 0 radical (unpaired) electrons. The van der Waals surface area contributed by atoms with Crippen molar-refractivity contribution in [1.82, 2.24) is 5.16 Å². The molecule has 3 nitrogen and oxygen atoms in total. The van der Waals surface area contributed by atoms with E-state index in [0.717, 1.165) is 15.9 Å². The third-order valence-corrected chi connectivity index (χ3v) is 4.07. The lowest BCUT2D eigenvalue weighted by Gasteiger charge is -2.20. The monoisotopic (exact) mass is 262 g/mol. The van der Waals surface area contributed by atoms with Crippen molar-refractivity contribution in [2.45, 2.75) is 18.8 Å². The highest BCUT2D eigenvalue weighted by atomic mass is 79.9. The number of halogens is 1. The Hall–Kier alpha value is -0.160. The second-order valence-corrected chi connectivity index (χ2v) is 5.07. The SMILES string of the molecule is Nc1onc(Br)c1C1CCCSC1. The summed E-state index contributed by atoms with van der Waals surface area (Å²) < 4.78 is 5.70. The van der Waals surface area contributed by atoms with Crippen LogP contribution in [-0.4, -0.2) is 16.7 Å². The summed E-state index contributed by atoms with van der Waals surface area (Å²) in [6.07, 6.45) is 2.45. The van der Waals surface area contributed by atoms with E-state index in [4.69, 9.17) is 10.3 Å². The molecule has 0 saturated carbocycles.